The zero-order chi connectivity index (χ0) is 20.9. The van der Waals surface area contributed by atoms with Crippen LogP contribution in [0.2, 0.25) is 0 Å². The van der Waals surface area contributed by atoms with Gasteiger partial charge >= 0.3 is 0 Å². The lowest BCUT2D eigenvalue weighted by Gasteiger charge is -2.29. The number of hydrogen-bond donors (Lipinski definition) is 0. The molecular weight excluding hydrogens is 376 g/mol. The highest BCUT2D eigenvalue weighted by Crippen LogP contribution is 2.21. The van der Waals surface area contributed by atoms with Crippen LogP contribution < -0.4 is 5.43 Å². The molecule has 0 spiro atoms. The van der Waals surface area contributed by atoms with Crippen molar-refractivity contribution in [2.24, 2.45) is 0 Å². The van der Waals surface area contributed by atoms with E-state index in [1.165, 1.54) is 5.56 Å². The van der Waals surface area contributed by atoms with Crippen molar-refractivity contribution in [3.8, 4) is 0 Å². The fourth-order valence-electron chi connectivity index (χ4n) is 4.73. The summed E-state index contributed by atoms with van der Waals surface area (Å²) in [5.41, 5.74) is 3.22. The van der Waals surface area contributed by atoms with Gasteiger partial charge in [-0.05, 0) is 57.4 Å². The third kappa shape index (κ3) is 4.67. The largest absolute Gasteiger partial charge is 0.376 e. The van der Waals surface area contributed by atoms with Gasteiger partial charge in [-0.2, -0.15) is 0 Å². The lowest BCUT2D eigenvalue weighted by atomic mass is 10.0. The summed E-state index contributed by atoms with van der Waals surface area (Å²) in [5, 5.41) is 0. The van der Waals surface area contributed by atoms with Crippen molar-refractivity contribution in [1.82, 2.24) is 9.47 Å². The Morgan fingerprint density at radius 2 is 1.83 bits per heavy atom. The van der Waals surface area contributed by atoms with Gasteiger partial charge in [0.1, 0.15) is 5.56 Å². The summed E-state index contributed by atoms with van der Waals surface area (Å²) in [4.78, 5) is 28.4. The van der Waals surface area contributed by atoms with E-state index in [0.29, 0.717) is 18.5 Å². The minimum atomic E-state index is -0.144. The Morgan fingerprint density at radius 1 is 1.07 bits per heavy atom. The molecule has 160 valence electrons. The van der Waals surface area contributed by atoms with Crippen LogP contribution in [-0.2, 0) is 24.1 Å². The third-order valence-corrected chi connectivity index (χ3v) is 6.39. The van der Waals surface area contributed by atoms with E-state index >= 15 is 0 Å². The van der Waals surface area contributed by atoms with E-state index in [4.69, 9.17) is 4.74 Å². The van der Waals surface area contributed by atoms with Crippen LogP contribution in [0.5, 0.6) is 0 Å². The minimum absolute atomic E-state index is 0.0937. The number of aromatic nitrogens is 1. The van der Waals surface area contributed by atoms with E-state index in [9.17, 15) is 9.59 Å². The Labute approximate surface area is 178 Å². The zero-order valence-corrected chi connectivity index (χ0v) is 17.9. The molecule has 2 fully saturated rings. The van der Waals surface area contributed by atoms with E-state index in [0.717, 1.165) is 69.6 Å². The molecule has 4 rings (SSSR count). The summed E-state index contributed by atoms with van der Waals surface area (Å²) in [6.45, 7) is 4.96. The summed E-state index contributed by atoms with van der Waals surface area (Å²) >= 11 is 0. The van der Waals surface area contributed by atoms with E-state index < -0.39 is 0 Å². The van der Waals surface area contributed by atoms with Crippen molar-refractivity contribution in [1.29, 1.82) is 0 Å². The molecule has 1 amide bonds. The lowest BCUT2D eigenvalue weighted by molar-refractivity contribution is 0.0717. The smallest absolute Gasteiger partial charge is 0.259 e. The second-order valence-electron chi connectivity index (χ2n) is 8.56. The van der Waals surface area contributed by atoms with Crippen LogP contribution in [-0.4, -0.2) is 41.2 Å². The summed E-state index contributed by atoms with van der Waals surface area (Å²) in [5.74, 6) is -0.0937. The van der Waals surface area contributed by atoms with E-state index in [-0.39, 0.29) is 17.4 Å². The standard InChI is InChI=1S/C25H32N2O3/c1-19-17-23(28)24(25(29)26-14-6-3-7-15-26)22(13-12-20-9-4-2-5-10-20)27(19)18-21-11-8-16-30-21/h2,4-5,9-10,17,21H,3,6-8,11-16,18H2,1H3. The number of nitrogens with zero attached hydrogens (tertiary/aromatic N) is 2. The molecule has 1 aromatic heterocycles. The lowest BCUT2D eigenvalue weighted by Crippen LogP contribution is -2.40. The van der Waals surface area contributed by atoms with Gasteiger partial charge in [-0.3, -0.25) is 9.59 Å². The molecule has 30 heavy (non-hydrogen) atoms. The maximum absolute atomic E-state index is 13.4. The molecule has 2 saturated heterocycles. The van der Waals surface area contributed by atoms with Crippen LogP contribution in [0.25, 0.3) is 0 Å². The number of aryl methyl sites for hydroxylation is 2. The summed E-state index contributed by atoms with van der Waals surface area (Å²) < 4.78 is 8.06. The second-order valence-corrected chi connectivity index (χ2v) is 8.56. The molecule has 0 radical (unpaired) electrons. The number of pyridine rings is 1. The number of benzene rings is 1. The third-order valence-electron chi connectivity index (χ3n) is 6.39. The first-order chi connectivity index (χ1) is 14.6. The van der Waals surface area contributed by atoms with Crippen molar-refractivity contribution in [2.75, 3.05) is 19.7 Å². The molecule has 0 aliphatic carbocycles. The van der Waals surface area contributed by atoms with Crippen molar-refractivity contribution in [3.05, 3.63) is 69.1 Å². The zero-order valence-electron chi connectivity index (χ0n) is 17.9. The number of carbonyl (C=O) groups excluding carboxylic acids is 1. The van der Waals surface area contributed by atoms with Gasteiger partial charge in [0, 0.05) is 43.7 Å². The Morgan fingerprint density at radius 3 is 2.53 bits per heavy atom. The Hall–Kier alpha value is -2.40. The molecule has 1 atom stereocenters. The molecule has 2 aliphatic rings. The van der Waals surface area contributed by atoms with Crippen LogP contribution in [0.3, 0.4) is 0 Å². The predicted molar refractivity (Wildman–Crippen MR) is 118 cm³/mol. The fraction of sp³-hybridized carbons (Fsp3) is 0.520. The summed E-state index contributed by atoms with van der Waals surface area (Å²) in [7, 11) is 0. The van der Waals surface area contributed by atoms with E-state index in [1.807, 2.05) is 30.0 Å². The highest BCUT2D eigenvalue weighted by molar-refractivity contribution is 5.95. The quantitative estimate of drug-likeness (QED) is 0.732. The number of amides is 1. The van der Waals surface area contributed by atoms with Gasteiger partial charge in [0.05, 0.1) is 6.10 Å². The highest BCUT2D eigenvalue weighted by Gasteiger charge is 2.27. The molecule has 3 heterocycles. The molecule has 0 N–H and O–H groups in total. The second kappa shape index (κ2) is 9.61. The molecule has 5 heteroatoms. The number of rotatable bonds is 6. The SMILES string of the molecule is Cc1cc(=O)c(C(=O)N2CCCCC2)c(CCc2ccccc2)n1CC1CCCO1. The van der Waals surface area contributed by atoms with Gasteiger partial charge in [0.15, 0.2) is 5.43 Å². The maximum Gasteiger partial charge on any atom is 0.259 e. The van der Waals surface area contributed by atoms with Crippen LogP contribution in [0.15, 0.2) is 41.2 Å². The van der Waals surface area contributed by atoms with E-state index in [1.54, 1.807) is 6.07 Å². The summed E-state index contributed by atoms with van der Waals surface area (Å²) in [6, 6.07) is 11.9. The van der Waals surface area contributed by atoms with Crippen molar-refractivity contribution >= 4 is 5.91 Å². The molecule has 1 unspecified atom stereocenters. The normalized spacial score (nSPS) is 19.2. The van der Waals surface area contributed by atoms with Gasteiger partial charge in [-0.25, -0.2) is 0 Å². The molecule has 0 bridgehead atoms. The Kier molecular flexibility index (Phi) is 6.68. The van der Waals surface area contributed by atoms with Gasteiger partial charge in [0.2, 0.25) is 0 Å². The van der Waals surface area contributed by atoms with Crippen LogP contribution in [0, 0.1) is 6.92 Å². The average Bonchev–Trinajstić information content (AvgIpc) is 3.28. The molecule has 0 saturated carbocycles. The molecule has 2 aromatic rings. The number of hydrogen-bond acceptors (Lipinski definition) is 3. The Balaban J connectivity index is 1.72. The van der Waals surface area contributed by atoms with Crippen molar-refractivity contribution < 1.29 is 9.53 Å². The molecular formula is C25H32N2O3. The first-order valence-corrected chi connectivity index (χ1v) is 11.3. The maximum atomic E-state index is 13.4. The van der Waals surface area contributed by atoms with Crippen LogP contribution >= 0.6 is 0 Å². The summed E-state index contributed by atoms with van der Waals surface area (Å²) in [6.07, 6.45) is 6.91. The number of likely N-dealkylation sites (tertiary alicyclic amines) is 1. The van der Waals surface area contributed by atoms with Gasteiger partial charge < -0.3 is 14.2 Å². The topological polar surface area (TPSA) is 51.5 Å². The first-order valence-electron chi connectivity index (χ1n) is 11.3. The highest BCUT2D eigenvalue weighted by atomic mass is 16.5. The van der Waals surface area contributed by atoms with Gasteiger partial charge in [-0.1, -0.05) is 30.3 Å². The average molecular weight is 409 g/mol. The van der Waals surface area contributed by atoms with Crippen LogP contribution in [0.1, 0.15) is 59.4 Å². The van der Waals surface area contributed by atoms with Crippen molar-refractivity contribution in [2.45, 2.75) is 64.5 Å². The number of carbonyl (C=O) groups is 1. The Bertz CT molecular complexity index is 923. The van der Waals surface area contributed by atoms with Gasteiger partial charge in [-0.15, -0.1) is 0 Å². The molecule has 1 aromatic carbocycles. The fourth-order valence-corrected chi connectivity index (χ4v) is 4.73. The van der Waals surface area contributed by atoms with Crippen LogP contribution in [0.4, 0.5) is 0 Å². The number of piperidine rings is 1. The molecule has 5 nitrogen and oxygen atoms in total. The number of ether oxygens (including phenoxy) is 1. The molecule has 2 aliphatic heterocycles. The minimum Gasteiger partial charge on any atom is -0.376 e. The van der Waals surface area contributed by atoms with Gasteiger partial charge in [0.25, 0.3) is 5.91 Å². The van der Waals surface area contributed by atoms with E-state index in [2.05, 4.69) is 16.7 Å². The monoisotopic (exact) mass is 408 g/mol. The first kappa shape index (κ1) is 20.9. The van der Waals surface area contributed by atoms with Crippen molar-refractivity contribution in [3.63, 3.8) is 0 Å². The predicted octanol–water partition coefficient (Wildman–Crippen LogP) is 3.75.